The molecule has 0 fully saturated rings. The van der Waals surface area contributed by atoms with Crippen LogP contribution in [0.25, 0.3) is 0 Å². The third-order valence-corrected chi connectivity index (χ3v) is 3.32. The van der Waals surface area contributed by atoms with E-state index in [4.69, 9.17) is 11.5 Å². The van der Waals surface area contributed by atoms with Crippen molar-refractivity contribution in [3.8, 4) is 0 Å². The van der Waals surface area contributed by atoms with E-state index < -0.39 is 0 Å². The van der Waals surface area contributed by atoms with Gasteiger partial charge in [-0.2, -0.15) is 0 Å². The number of aliphatic imine (C=N–C) groups is 1. The zero-order valence-corrected chi connectivity index (χ0v) is 10.6. The minimum atomic E-state index is -0.291. The molecule has 0 aromatic rings. The van der Waals surface area contributed by atoms with Crippen LogP contribution in [0, 0.1) is 0 Å². The first-order chi connectivity index (χ1) is 8.22. The molecule has 2 unspecified atom stereocenters. The van der Waals surface area contributed by atoms with Gasteiger partial charge in [-0.25, -0.2) is 0 Å². The average molecular weight is 239 g/mol. The Labute approximate surface area is 104 Å². The Morgan fingerprint density at radius 1 is 1.35 bits per heavy atom. The number of amidine groups is 1. The third-order valence-electron chi connectivity index (χ3n) is 3.32. The van der Waals surface area contributed by atoms with Crippen LogP contribution in [0.1, 0.15) is 57.8 Å². The van der Waals surface area contributed by atoms with Crippen molar-refractivity contribution in [3.05, 3.63) is 0 Å². The smallest absolute Gasteiger partial charge is 0.136 e. The molecule has 0 aliphatic carbocycles. The van der Waals surface area contributed by atoms with Gasteiger partial charge in [-0.1, -0.05) is 25.7 Å². The molecule has 17 heavy (non-hydrogen) atoms. The molecule has 0 aromatic heterocycles. The van der Waals surface area contributed by atoms with Crippen molar-refractivity contribution in [1.82, 2.24) is 0 Å². The summed E-state index contributed by atoms with van der Waals surface area (Å²) in [5.74, 6) is 0.819. The monoisotopic (exact) mass is 239 g/mol. The summed E-state index contributed by atoms with van der Waals surface area (Å²) in [6.45, 7) is 0. The van der Waals surface area contributed by atoms with Gasteiger partial charge in [0.15, 0.2) is 0 Å². The maximum atomic E-state index is 10.4. The summed E-state index contributed by atoms with van der Waals surface area (Å²) in [4.78, 5) is 14.9. The number of rotatable bonds is 6. The largest absolute Gasteiger partial charge is 0.387 e. The van der Waals surface area contributed by atoms with E-state index in [1.54, 1.807) is 0 Å². The summed E-state index contributed by atoms with van der Waals surface area (Å²) < 4.78 is 0. The number of unbranched alkanes of at least 4 members (excludes halogenated alkanes) is 1. The minimum Gasteiger partial charge on any atom is -0.387 e. The van der Waals surface area contributed by atoms with Gasteiger partial charge in [0.2, 0.25) is 0 Å². The van der Waals surface area contributed by atoms with Gasteiger partial charge in [-0.05, 0) is 25.7 Å². The number of aldehydes is 1. The number of hydrogen-bond acceptors (Lipinski definition) is 4. The van der Waals surface area contributed by atoms with Gasteiger partial charge in [0.25, 0.3) is 0 Å². The van der Waals surface area contributed by atoms with Gasteiger partial charge in [0.1, 0.15) is 6.29 Å². The fourth-order valence-corrected chi connectivity index (χ4v) is 2.26. The van der Waals surface area contributed by atoms with Crippen LogP contribution in [0.4, 0.5) is 0 Å². The molecule has 0 aromatic carbocycles. The highest BCUT2D eigenvalue weighted by Gasteiger charge is 2.10. The van der Waals surface area contributed by atoms with Crippen molar-refractivity contribution in [2.45, 2.75) is 69.9 Å². The molecule has 1 heterocycles. The molecule has 98 valence electrons. The Morgan fingerprint density at radius 3 is 2.94 bits per heavy atom. The lowest BCUT2D eigenvalue weighted by Crippen LogP contribution is -2.21. The molecule has 4 heteroatoms. The highest BCUT2D eigenvalue weighted by Crippen LogP contribution is 2.17. The number of carbonyl (C=O) groups is 1. The second kappa shape index (κ2) is 8.23. The lowest BCUT2D eigenvalue weighted by Gasteiger charge is -2.16. The lowest BCUT2D eigenvalue weighted by molar-refractivity contribution is -0.109. The van der Waals surface area contributed by atoms with Crippen molar-refractivity contribution in [2.24, 2.45) is 16.5 Å². The lowest BCUT2D eigenvalue weighted by atomic mass is 9.99. The van der Waals surface area contributed by atoms with Crippen LogP contribution in [0.15, 0.2) is 4.99 Å². The van der Waals surface area contributed by atoms with Crippen molar-refractivity contribution >= 4 is 12.1 Å². The van der Waals surface area contributed by atoms with Crippen molar-refractivity contribution in [3.63, 3.8) is 0 Å². The molecule has 2 atom stereocenters. The van der Waals surface area contributed by atoms with Gasteiger partial charge in [-0.15, -0.1) is 0 Å². The van der Waals surface area contributed by atoms with E-state index in [0.717, 1.165) is 50.6 Å². The van der Waals surface area contributed by atoms with Gasteiger partial charge >= 0.3 is 0 Å². The van der Waals surface area contributed by atoms with Crippen LogP contribution >= 0.6 is 0 Å². The first kappa shape index (κ1) is 14.2. The topological polar surface area (TPSA) is 81.5 Å². The van der Waals surface area contributed by atoms with Crippen LogP contribution in [0.3, 0.4) is 0 Å². The van der Waals surface area contributed by atoms with Crippen molar-refractivity contribution in [1.29, 1.82) is 0 Å². The van der Waals surface area contributed by atoms with Gasteiger partial charge in [0.05, 0.1) is 17.9 Å². The molecule has 4 N–H and O–H groups in total. The second-order valence-corrected chi connectivity index (χ2v) is 4.96. The van der Waals surface area contributed by atoms with E-state index in [-0.39, 0.29) is 6.04 Å². The average Bonchev–Trinajstić information content (AvgIpc) is 2.30. The summed E-state index contributed by atoms with van der Waals surface area (Å²) in [5, 5.41) is 0. The van der Waals surface area contributed by atoms with Crippen molar-refractivity contribution < 1.29 is 4.79 Å². The summed E-state index contributed by atoms with van der Waals surface area (Å²) in [7, 11) is 0. The number of hydrogen-bond donors (Lipinski definition) is 2. The molecule has 4 nitrogen and oxygen atoms in total. The van der Waals surface area contributed by atoms with E-state index >= 15 is 0 Å². The third kappa shape index (κ3) is 6.41. The number of carbonyl (C=O) groups excluding carboxylic acids is 1. The molecule has 0 saturated carbocycles. The molecule has 0 radical (unpaired) electrons. The molecule has 0 spiro atoms. The van der Waals surface area contributed by atoms with Crippen LogP contribution in [0.5, 0.6) is 0 Å². The fourth-order valence-electron chi connectivity index (χ4n) is 2.26. The first-order valence-electron chi connectivity index (χ1n) is 6.75. The van der Waals surface area contributed by atoms with E-state index in [2.05, 4.69) is 4.99 Å². The van der Waals surface area contributed by atoms with E-state index in [1.807, 2.05) is 0 Å². The normalized spacial score (nSPS) is 23.4. The second-order valence-electron chi connectivity index (χ2n) is 4.96. The molecule has 1 aliphatic rings. The van der Waals surface area contributed by atoms with Crippen LogP contribution in [-0.2, 0) is 4.79 Å². The highest BCUT2D eigenvalue weighted by atomic mass is 16.1. The molecule has 0 amide bonds. The van der Waals surface area contributed by atoms with Crippen molar-refractivity contribution in [2.75, 3.05) is 0 Å². The highest BCUT2D eigenvalue weighted by molar-refractivity contribution is 5.80. The standard InChI is InChI=1S/C13H25N3O/c14-11(10-17)6-4-5-8-12-7-2-1-3-9-13(15)16-12/h10-12H,1-9,14H2,(H2,15,16). The van der Waals surface area contributed by atoms with Crippen LogP contribution in [-0.4, -0.2) is 24.2 Å². The zero-order valence-electron chi connectivity index (χ0n) is 10.6. The van der Waals surface area contributed by atoms with E-state index in [9.17, 15) is 4.79 Å². The summed E-state index contributed by atoms with van der Waals surface area (Å²) >= 11 is 0. The Bertz CT molecular complexity index is 253. The Kier molecular flexibility index (Phi) is 6.86. The predicted octanol–water partition coefficient (Wildman–Crippen LogP) is 1.76. The number of nitrogens with two attached hydrogens (primary N) is 2. The Morgan fingerprint density at radius 2 is 2.18 bits per heavy atom. The molecule has 0 bridgehead atoms. The maximum Gasteiger partial charge on any atom is 0.136 e. The fraction of sp³-hybridized carbons (Fsp3) is 0.846. The first-order valence-corrected chi connectivity index (χ1v) is 6.75. The maximum absolute atomic E-state index is 10.4. The quantitative estimate of drug-likeness (QED) is 0.547. The molecule has 1 aliphatic heterocycles. The SMILES string of the molecule is NC1=NC(CCCCC(N)C=O)CCCCC1. The van der Waals surface area contributed by atoms with Gasteiger partial charge < -0.3 is 16.3 Å². The van der Waals surface area contributed by atoms with Crippen LogP contribution < -0.4 is 11.5 Å². The molecular weight excluding hydrogens is 214 g/mol. The molecule has 1 rings (SSSR count). The summed E-state index contributed by atoms with van der Waals surface area (Å²) in [5.41, 5.74) is 11.4. The zero-order chi connectivity index (χ0) is 12.5. The molecule has 0 saturated heterocycles. The molecular formula is C13H25N3O. The summed E-state index contributed by atoms with van der Waals surface area (Å²) in [6.07, 6.45) is 10.6. The number of nitrogens with zero attached hydrogens (tertiary/aromatic N) is 1. The van der Waals surface area contributed by atoms with Gasteiger partial charge in [-0.3, -0.25) is 4.99 Å². The minimum absolute atomic E-state index is 0.291. The Balaban J connectivity index is 2.21. The predicted molar refractivity (Wildman–Crippen MR) is 71.0 cm³/mol. The van der Waals surface area contributed by atoms with E-state index in [1.165, 1.54) is 19.3 Å². The van der Waals surface area contributed by atoms with E-state index in [0.29, 0.717) is 6.04 Å². The summed E-state index contributed by atoms with van der Waals surface area (Å²) in [6, 6.07) is 0.101. The van der Waals surface area contributed by atoms with Crippen LogP contribution in [0.2, 0.25) is 0 Å². The Hall–Kier alpha value is -0.900. The van der Waals surface area contributed by atoms with Gasteiger partial charge in [0, 0.05) is 6.42 Å².